The lowest BCUT2D eigenvalue weighted by Crippen LogP contribution is -2.42. The topological polar surface area (TPSA) is 129 Å². The Hall–Kier alpha value is -4.73. The number of ether oxygens (including phenoxy) is 3. The number of non-ortho nitro benzene ring substituents is 1. The number of amides is 1. The number of hydrogen-bond donors (Lipinski definition) is 1. The van der Waals surface area contributed by atoms with Crippen molar-refractivity contribution in [3.63, 3.8) is 0 Å². The SMILES string of the molecule is CC(C)(C)c1ccc2c(c1)O[C@@H](C(=O)N/N=C/c1cccc(OC(=O)c3ccc([N+](=O)[O-])cc3)c1)CO2. The van der Waals surface area contributed by atoms with Crippen LogP contribution in [-0.2, 0) is 10.2 Å². The summed E-state index contributed by atoms with van der Waals surface area (Å²) in [6, 6.07) is 17.3. The lowest BCUT2D eigenvalue weighted by Gasteiger charge is -2.27. The Morgan fingerprint density at radius 3 is 2.54 bits per heavy atom. The summed E-state index contributed by atoms with van der Waals surface area (Å²) in [6.45, 7) is 6.31. The molecule has 3 aromatic carbocycles. The van der Waals surface area contributed by atoms with Crippen molar-refractivity contribution in [3.8, 4) is 17.2 Å². The molecule has 1 aliphatic rings. The molecule has 0 saturated heterocycles. The van der Waals surface area contributed by atoms with Gasteiger partial charge in [0.2, 0.25) is 6.10 Å². The fourth-order valence-electron chi connectivity index (χ4n) is 3.45. The minimum Gasteiger partial charge on any atom is -0.485 e. The fraction of sp³-hybridized carbons (Fsp3) is 0.222. The molecule has 37 heavy (non-hydrogen) atoms. The van der Waals surface area contributed by atoms with E-state index in [2.05, 4.69) is 31.3 Å². The number of nitrogens with one attached hydrogen (secondary N) is 1. The van der Waals surface area contributed by atoms with Crippen molar-refractivity contribution >= 4 is 23.8 Å². The van der Waals surface area contributed by atoms with E-state index in [0.717, 1.165) is 5.56 Å². The predicted octanol–water partition coefficient (Wildman–Crippen LogP) is 4.40. The number of nitrogens with zero attached hydrogens (tertiary/aromatic N) is 2. The zero-order chi connectivity index (χ0) is 26.6. The average Bonchev–Trinajstić information content (AvgIpc) is 2.87. The summed E-state index contributed by atoms with van der Waals surface area (Å²) in [6.07, 6.45) is 0.532. The number of carbonyl (C=O) groups is 2. The Bertz CT molecular complexity index is 1360. The highest BCUT2D eigenvalue weighted by molar-refractivity contribution is 5.91. The maximum absolute atomic E-state index is 12.6. The Labute approximate surface area is 213 Å². The van der Waals surface area contributed by atoms with Crippen molar-refractivity contribution in [3.05, 3.63) is 93.5 Å². The Morgan fingerprint density at radius 2 is 1.84 bits per heavy atom. The molecule has 0 aliphatic carbocycles. The molecule has 0 saturated carbocycles. The van der Waals surface area contributed by atoms with Gasteiger partial charge in [-0.15, -0.1) is 0 Å². The van der Waals surface area contributed by atoms with Crippen LogP contribution in [0.25, 0.3) is 0 Å². The van der Waals surface area contributed by atoms with Crippen LogP contribution in [-0.4, -0.2) is 35.7 Å². The van der Waals surface area contributed by atoms with Gasteiger partial charge in [-0.3, -0.25) is 14.9 Å². The molecule has 1 N–H and O–H groups in total. The lowest BCUT2D eigenvalue weighted by atomic mass is 9.87. The average molecular weight is 504 g/mol. The highest BCUT2D eigenvalue weighted by atomic mass is 16.6. The minimum absolute atomic E-state index is 0.0529. The largest absolute Gasteiger partial charge is 0.485 e. The summed E-state index contributed by atoms with van der Waals surface area (Å²) < 4.78 is 16.9. The van der Waals surface area contributed by atoms with Gasteiger partial charge in [0.15, 0.2) is 11.5 Å². The van der Waals surface area contributed by atoms with Gasteiger partial charge in [-0.25, -0.2) is 10.2 Å². The summed E-state index contributed by atoms with van der Waals surface area (Å²) in [5.41, 5.74) is 4.03. The van der Waals surface area contributed by atoms with Gasteiger partial charge in [0.05, 0.1) is 16.7 Å². The van der Waals surface area contributed by atoms with Crippen LogP contribution in [0, 0.1) is 10.1 Å². The first kappa shape index (κ1) is 25.4. The van der Waals surface area contributed by atoms with Gasteiger partial charge in [-0.2, -0.15) is 5.10 Å². The number of hydrogen-bond acceptors (Lipinski definition) is 8. The van der Waals surface area contributed by atoms with Crippen molar-refractivity contribution in [1.82, 2.24) is 5.43 Å². The minimum atomic E-state index is -0.867. The second kappa shape index (κ2) is 10.5. The van der Waals surface area contributed by atoms with E-state index in [1.165, 1.54) is 30.5 Å². The first-order valence-corrected chi connectivity index (χ1v) is 11.4. The molecular formula is C27H25N3O7. The Morgan fingerprint density at radius 1 is 1.08 bits per heavy atom. The van der Waals surface area contributed by atoms with Gasteiger partial charge in [0.25, 0.3) is 11.6 Å². The van der Waals surface area contributed by atoms with E-state index in [9.17, 15) is 19.7 Å². The molecule has 1 heterocycles. The van der Waals surface area contributed by atoms with Crippen molar-refractivity contribution in [1.29, 1.82) is 0 Å². The highest BCUT2D eigenvalue weighted by Crippen LogP contribution is 2.36. The number of carbonyl (C=O) groups excluding carboxylic acids is 2. The highest BCUT2D eigenvalue weighted by Gasteiger charge is 2.28. The molecule has 10 nitrogen and oxygen atoms in total. The molecular weight excluding hydrogens is 478 g/mol. The van der Waals surface area contributed by atoms with Crippen molar-refractivity contribution < 1.29 is 28.7 Å². The van der Waals surface area contributed by atoms with Crippen LogP contribution in [0.4, 0.5) is 5.69 Å². The van der Waals surface area contributed by atoms with Gasteiger partial charge in [-0.1, -0.05) is 39.0 Å². The summed E-state index contributed by atoms with van der Waals surface area (Å²) in [5, 5.41) is 14.7. The van der Waals surface area contributed by atoms with Crippen LogP contribution in [0.15, 0.2) is 71.8 Å². The monoisotopic (exact) mass is 503 g/mol. The van der Waals surface area contributed by atoms with Crippen molar-refractivity contribution in [2.75, 3.05) is 6.61 Å². The number of nitro benzene ring substituents is 1. The number of esters is 1. The van der Waals surface area contributed by atoms with Crippen LogP contribution in [0.1, 0.15) is 42.3 Å². The maximum Gasteiger partial charge on any atom is 0.343 e. The van der Waals surface area contributed by atoms with Gasteiger partial charge in [0, 0.05) is 12.1 Å². The van der Waals surface area contributed by atoms with Crippen molar-refractivity contribution in [2.24, 2.45) is 5.10 Å². The standard InChI is InChI=1S/C27H25N3O7/c1-27(2,3)19-9-12-22-23(14-19)37-24(16-35-22)25(31)29-28-15-17-5-4-6-21(13-17)36-26(32)18-7-10-20(11-8-18)30(33)34/h4-15,24H,16H2,1-3H3,(H,29,31)/b28-15+/t24-/m1/s1. The van der Waals surface area contributed by atoms with E-state index in [0.29, 0.717) is 17.1 Å². The molecule has 3 aromatic rings. The molecule has 1 aliphatic heterocycles. The first-order valence-electron chi connectivity index (χ1n) is 11.4. The van der Waals surface area contributed by atoms with Gasteiger partial charge >= 0.3 is 5.97 Å². The third-order valence-corrected chi connectivity index (χ3v) is 5.53. The van der Waals surface area contributed by atoms with Gasteiger partial charge in [-0.05, 0) is 52.9 Å². The van der Waals surface area contributed by atoms with Gasteiger partial charge in [0.1, 0.15) is 12.4 Å². The van der Waals surface area contributed by atoms with Crippen LogP contribution in [0.3, 0.4) is 0 Å². The Kier molecular flexibility index (Phi) is 7.19. The molecule has 190 valence electrons. The zero-order valence-corrected chi connectivity index (χ0v) is 20.5. The lowest BCUT2D eigenvalue weighted by molar-refractivity contribution is -0.384. The van der Waals surface area contributed by atoms with Crippen LogP contribution in [0.2, 0.25) is 0 Å². The molecule has 0 radical (unpaired) electrons. The van der Waals surface area contributed by atoms with E-state index in [1.54, 1.807) is 24.3 Å². The second-order valence-corrected chi connectivity index (χ2v) is 9.33. The molecule has 4 rings (SSSR count). The number of hydrazone groups is 1. The number of rotatable bonds is 6. The van der Waals surface area contributed by atoms with Crippen LogP contribution in [0.5, 0.6) is 17.2 Å². The van der Waals surface area contributed by atoms with E-state index in [-0.39, 0.29) is 29.0 Å². The molecule has 1 atom stereocenters. The smallest absolute Gasteiger partial charge is 0.343 e. The normalized spacial score (nSPS) is 14.7. The maximum atomic E-state index is 12.6. The van der Waals surface area contributed by atoms with Gasteiger partial charge < -0.3 is 14.2 Å². The summed E-state index contributed by atoms with van der Waals surface area (Å²) >= 11 is 0. The molecule has 1 amide bonds. The van der Waals surface area contributed by atoms with E-state index in [1.807, 2.05) is 18.2 Å². The summed E-state index contributed by atoms with van der Waals surface area (Å²) in [7, 11) is 0. The van der Waals surface area contributed by atoms with E-state index < -0.39 is 22.9 Å². The number of fused-ring (bicyclic) bond motifs is 1. The quantitative estimate of drug-likeness (QED) is 0.173. The second-order valence-electron chi connectivity index (χ2n) is 9.33. The predicted molar refractivity (Wildman–Crippen MR) is 135 cm³/mol. The van der Waals surface area contributed by atoms with E-state index in [4.69, 9.17) is 14.2 Å². The zero-order valence-electron chi connectivity index (χ0n) is 20.5. The molecule has 10 heteroatoms. The third-order valence-electron chi connectivity index (χ3n) is 5.53. The molecule has 0 bridgehead atoms. The summed E-state index contributed by atoms with van der Waals surface area (Å²) in [4.78, 5) is 35.1. The molecule has 0 unspecified atom stereocenters. The summed E-state index contributed by atoms with van der Waals surface area (Å²) in [5.74, 6) is 0.199. The number of nitro groups is 1. The first-order chi connectivity index (χ1) is 17.6. The molecule has 0 aromatic heterocycles. The van der Waals surface area contributed by atoms with Crippen molar-refractivity contribution in [2.45, 2.75) is 32.3 Å². The van der Waals surface area contributed by atoms with Crippen LogP contribution < -0.4 is 19.6 Å². The fourth-order valence-corrected chi connectivity index (χ4v) is 3.45. The molecule has 0 fully saturated rings. The molecule has 0 spiro atoms. The van der Waals surface area contributed by atoms with Crippen LogP contribution >= 0.6 is 0 Å². The number of benzene rings is 3. The Balaban J connectivity index is 1.35. The third kappa shape index (κ3) is 6.29. The van der Waals surface area contributed by atoms with E-state index >= 15 is 0 Å².